The highest BCUT2D eigenvalue weighted by molar-refractivity contribution is 5.85. The van der Waals surface area contributed by atoms with Crippen molar-refractivity contribution in [3.8, 4) is 16.9 Å². The number of alkyl halides is 3. The lowest BCUT2D eigenvalue weighted by atomic mass is 10.0. The molecule has 114 valence electrons. The third kappa shape index (κ3) is 4.95. The summed E-state index contributed by atoms with van der Waals surface area (Å²) in [5, 5.41) is 0. The molecule has 0 aliphatic rings. The second-order valence-electron chi connectivity index (χ2n) is 4.49. The van der Waals surface area contributed by atoms with E-state index in [1.807, 2.05) is 31.2 Å². The van der Waals surface area contributed by atoms with E-state index in [1.54, 1.807) is 6.07 Å². The fraction of sp³-hybridized carbons (Fsp3) is 0.200. The van der Waals surface area contributed by atoms with Crippen LogP contribution in [0.5, 0.6) is 5.75 Å². The summed E-state index contributed by atoms with van der Waals surface area (Å²) in [6.07, 6.45) is -4.69. The molecular weight excluding hydrogens is 303 g/mol. The molecule has 0 spiro atoms. The summed E-state index contributed by atoms with van der Waals surface area (Å²) in [4.78, 5) is 0. The molecule has 2 rings (SSSR count). The van der Waals surface area contributed by atoms with Gasteiger partial charge in [-0.3, -0.25) is 0 Å². The van der Waals surface area contributed by atoms with Gasteiger partial charge in [0.2, 0.25) is 0 Å². The van der Waals surface area contributed by atoms with Crippen molar-refractivity contribution in [3.05, 3.63) is 54.1 Å². The van der Waals surface area contributed by atoms with Crippen molar-refractivity contribution in [1.82, 2.24) is 0 Å². The normalized spacial score (nSPS) is 12.4. The monoisotopic (exact) mass is 317 g/mol. The molecule has 0 unspecified atom stereocenters. The Hall–Kier alpha value is -1.72. The van der Waals surface area contributed by atoms with E-state index in [2.05, 4.69) is 4.74 Å². The summed E-state index contributed by atoms with van der Waals surface area (Å²) in [6.45, 7) is 1.85. The minimum Gasteiger partial charge on any atom is -0.406 e. The fourth-order valence-electron chi connectivity index (χ4n) is 1.87. The van der Waals surface area contributed by atoms with Crippen LogP contribution in [0.2, 0.25) is 0 Å². The summed E-state index contributed by atoms with van der Waals surface area (Å²) >= 11 is 0. The predicted molar refractivity (Wildman–Crippen MR) is 78.4 cm³/mol. The van der Waals surface area contributed by atoms with Crippen molar-refractivity contribution in [2.75, 3.05) is 0 Å². The minimum absolute atomic E-state index is 0. The van der Waals surface area contributed by atoms with Crippen LogP contribution in [0.1, 0.15) is 18.5 Å². The van der Waals surface area contributed by atoms with E-state index in [4.69, 9.17) is 5.73 Å². The summed E-state index contributed by atoms with van der Waals surface area (Å²) in [6, 6.07) is 13.1. The molecule has 2 nitrogen and oxygen atoms in total. The van der Waals surface area contributed by atoms with Crippen molar-refractivity contribution < 1.29 is 17.9 Å². The van der Waals surface area contributed by atoms with E-state index in [-0.39, 0.29) is 24.2 Å². The van der Waals surface area contributed by atoms with Gasteiger partial charge in [0.25, 0.3) is 0 Å². The first-order valence-electron chi connectivity index (χ1n) is 6.07. The first kappa shape index (κ1) is 17.3. The number of hydrogen-bond donors (Lipinski definition) is 1. The third-order valence-corrected chi connectivity index (χ3v) is 2.81. The molecule has 2 aromatic rings. The predicted octanol–water partition coefficient (Wildman–Crippen LogP) is 4.69. The molecule has 0 saturated heterocycles. The van der Waals surface area contributed by atoms with Gasteiger partial charge < -0.3 is 10.5 Å². The maximum Gasteiger partial charge on any atom is 0.573 e. The second kappa shape index (κ2) is 6.83. The van der Waals surface area contributed by atoms with Crippen LogP contribution in [0, 0.1) is 0 Å². The lowest BCUT2D eigenvalue weighted by molar-refractivity contribution is -0.274. The largest absolute Gasteiger partial charge is 0.573 e. The van der Waals surface area contributed by atoms with Crippen LogP contribution in [0.15, 0.2) is 48.5 Å². The topological polar surface area (TPSA) is 35.2 Å². The SMILES string of the molecule is C[C@@H](N)c1cccc(-c2cccc(OC(F)(F)F)c2)c1.Cl. The molecule has 0 aliphatic heterocycles. The van der Waals surface area contributed by atoms with E-state index < -0.39 is 6.36 Å². The summed E-state index contributed by atoms with van der Waals surface area (Å²) in [5.74, 6) is -0.235. The average molecular weight is 318 g/mol. The lowest BCUT2D eigenvalue weighted by Crippen LogP contribution is -2.17. The molecule has 21 heavy (non-hydrogen) atoms. The number of ether oxygens (including phenoxy) is 1. The quantitative estimate of drug-likeness (QED) is 0.891. The van der Waals surface area contributed by atoms with E-state index in [0.29, 0.717) is 5.56 Å². The van der Waals surface area contributed by atoms with Gasteiger partial charge in [0.1, 0.15) is 5.75 Å². The van der Waals surface area contributed by atoms with Crippen LogP contribution in [0.4, 0.5) is 13.2 Å². The molecule has 0 bridgehead atoms. The number of halogens is 4. The van der Waals surface area contributed by atoms with Crippen LogP contribution in [-0.4, -0.2) is 6.36 Å². The van der Waals surface area contributed by atoms with Crippen LogP contribution in [0.25, 0.3) is 11.1 Å². The molecule has 0 fully saturated rings. The Morgan fingerprint density at radius 2 is 1.57 bits per heavy atom. The van der Waals surface area contributed by atoms with Crippen molar-refractivity contribution in [1.29, 1.82) is 0 Å². The van der Waals surface area contributed by atoms with Gasteiger partial charge >= 0.3 is 6.36 Å². The summed E-state index contributed by atoms with van der Waals surface area (Å²) in [5.41, 5.74) is 8.17. The second-order valence-corrected chi connectivity index (χ2v) is 4.49. The Bertz CT molecular complexity index is 599. The summed E-state index contributed by atoms with van der Waals surface area (Å²) in [7, 11) is 0. The van der Waals surface area contributed by atoms with Crippen molar-refractivity contribution >= 4 is 12.4 Å². The molecule has 0 saturated carbocycles. The van der Waals surface area contributed by atoms with Gasteiger partial charge in [-0.15, -0.1) is 25.6 Å². The van der Waals surface area contributed by atoms with Gasteiger partial charge in [-0.2, -0.15) is 0 Å². The zero-order valence-electron chi connectivity index (χ0n) is 11.2. The smallest absolute Gasteiger partial charge is 0.406 e. The van der Waals surface area contributed by atoms with Crippen LogP contribution < -0.4 is 10.5 Å². The molecule has 2 aromatic carbocycles. The fourth-order valence-corrected chi connectivity index (χ4v) is 1.87. The van der Waals surface area contributed by atoms with Gasteiger partial charge in [0.15, 0.2) is 0 Å². The first-order valence-corrected chi connectivity index (χ1v) is 6.07. The Labute approximate surface area is 127 Å². The van der Waals surface area contributed by atoms with E-state index in [0.717, 1.165) is 11.1 Å². The van der Waals surface area contributed by atoms with Crippen molar-refractivity contribution in [3.63, 3.8) is 0 Å². The Balaban J connectivity index is 0.00000220. The molecule has 0 aromatic heterocycles. The van der Waals surface area contributed by atoms with E-state index >= 15 is 0 Å². The van der Waals surface area contributed by atoms with Gasteiger partial charge in [-0.05, 0) is 41.8 Å². The number of nitrogens with two attached hydrogens (primary N) is 1. The molecule has 0 aliphatic carbocycles. The Morgan fingerprint density at radius 1 is 1.00 bits per heavy atom. The van der Waals surface area contributed by atoms with E-state index in [9.17, 15) is 13.2 Å². The minimum atomic E-state index is -4.69. The van der Waals surface area contributed by atoms with Gasteiger partial charge in [0, 0.05) is 6.04 Å². The molecule has 0 amide bonds. The van der Waals surface area contributed by atoms with Gasteiger partial charge in [-0.1, -0.05) is 30.3 Å². The third-order valence-electron chi connectivity index (χ3n) is 2.81. The Kier molecular flexibility index (Phi) is 5.63. The Morgan fingerprint density at radius 3 is 2.14 bits per heavy atom. The molecule has 2 N–H and O–H groups in total. The zero-order valence-corrected chi connectivity index (χ0v) is 12.0. The highest BCUT2D eigenvalue weighted by Gasteiger charge is 2.31. The molecular formula is C15H15ClF3NO. The van der Waals surface area contributed by atoms with Crippen molar-refractivity contribution in [2.45, 2.75) is 19.3 Å². The maximum atomic E-state index is 12.2. The van der Waals surface area contributed by atoms with Gasteiger partial charge in [-0.25, -0.2) is 0 Å². The van der Waals surface area contributed by atoms with Crippen LogP contribution >= 0.6 is 12.4 Å². The van der Waals surface area contributed by atoms with E-state index in [1.165, 1.54) is 18.2 Å². The molecule has 0 heterocycles. The number of hydrogen-bond acceptors (Lipinski definition) is 2. The average Bonchev–Trinajstić information content (AvgIpc) is 2.37. The lowest BCUT2D eigenvalue weighted by Gasteiger charge is -2.11. The number of rotatable bonds is 3. The molecule has 6 heteroatoms. The summed E-state index contributed by atoms with van der Waals surface area (Å²) < 4.78 is 40.5. The van der Waals surface area contributed by atoms with Gasteiger partial charge in [0.05, 0.1) is 0 Å². The highest BCUT2D eigenvalue weighted by Crippen LogP contribution is 2.28. The molecule has 0 radical (unpaired) electrons. The molecule has 1 atom stereocenters. The number of benzene rings is 2. The zero-order chi connectivity index (χ0) is 14.8. The van der Waals surface area contributed by atoms with Crippen molar-refractivity contribution in [2.24, 2.45) is 5.73 Å². The first-order chi connectivity index (χ1) is 9.35. The highest BCUT2D eigenvalue weighted by atomic mass is 35.5. The maximum absolute atomic E-state index is 12.2. The van der Waals surface area contributed by atoms with Crippen LogP contribution in [0.3, 0.4) is 0 Å². The standard InChI is InChI=1S/C15H14F3NO.ClH/c1-10(19)11-4-2-5-12(8-11)13-6-3-7-14(9-13)20-15(16,17)18;/h2-10H,19H2,1H3;1H/t10-;/m1./s1. The van der Waals surface area contributed by atoms with Crippen LogP contribution in [-0.2, 0) is 0 Å².